The lowest BCUT2D eigenvalue weighted by Crippen LogP contribution is -2.35. The number of hydrogen-bond acceptors (Lipinski definition) is 3. The maximum absolute atomic E-state index is 10.2. The van der Waals surface area contributed by atoms with E-state index in [9.17, 15) is 9.90 Å². The molecular weight excluding hydrogens is 136 g/mol. The lowest BCUT2D eigenvalue weighted by atomic mass is 9.98. The molecule has 0 amide bonds. The Morgan fingerprint density at radius 1 is 1.67 bits per heavy atom. The van der Waals surface area contributed by atoms with Gasteiger partial charge in [-0.15, -0.1) is 0 Å². The Kier molecular flexibility index (Phi) is 3.70. The molecule has 0 saturated heterocycles. The highest BCUT2D eigenvalue weighted by Crippen LogP contribution is 2.10. The highest BCUT2D eigenvalue weighted by Gasteiger charge is 2.11. The quantitative estimate of drug-likeness (QED) is 0.568. The van der Waals surface area contributed by atoms with E-state index in [1.54, 1.807) is 0 Å². The van der Waals surface area contributed by atoms with Gasteiger partial charge in [-0.3, -0.25) is 0 Å². The van der Waals surface area contributed by atoms with Crippen molar-refractivity contribution in [1.29, 1.82) is 0 Å². The molecule has 0 fully saturated rings. The molecule has 54 valence electrons. The second kappa shape index (κ2) is 3.77. The summed E-state index contributed by atoms with van der Waals surface area (Å²) in [6.07, 6.45) is 0. The Morgan fingerprint density at radius 3 is 2.11 bits per heavy atom. The number of hydrogen-bond donors (Lipinski definition) is 1. The zero-order chi connectivity index (χ0) is 7.44. The van der Waals surface area contributed by atoms with Gasteiger partial charge in [0.2, 0.25) is 0 Å². The molecule has 0 radical (unpaired) electrons. The van der Waals surface area contributed by atoms with Crippen LogP contribution in [-0.2, 0) is 4.79 Å². The largest absolute Gasteiger partial charge is 0.550 e. The van der Waals surface area contributed by atoms with Crippen molar-refractivity contribution >= 4 is 18.6 Å². The molecule has 0 rings (SSSR count). The number of thiol groups is 1. The van der Waals surface area contributed by atoms with Crippen molar-refractivity contribution in [2.45, 2.75) is 13.8 Å². The first-order valence-corrected chi connectivity index (χ1v) is 3.54. The van der Waals surface area contributed by atoms with Crippen LogP contribution in [0.1, 0.15) is 13.8 Å². The van der Waals surface area contributed by atoms with Crippen LogP contribution in [0.15, 0.2) is 0 Å². The molecular formula is C6H11O2S-. The van der Waals surface area contributed by atoms with Crippen molar-refractivity contribution in [2.75, 3.05) is 5.75 Å². The van der Waals surface area contributed by atoms with E-state index in [1.807, 2.05) is 13.8 Å². The van der Waals surface area contributed by atoms with Gasteiger partial charge in [0.15, 0.2) is 0 Å². The van der Waals surface area contributed by atoms with Gasteiger partial charge in [-0.1, -0.05) is 13.8 Å². The first-order chi connectivity index (χ1) is 4.09. The topological polar surface area (TPSA) is 40.1 Å². The molecule has 0 aliphatic heterocycles. The molecule has 0 aromatic carbocycles. The molecule has 0 bridgehead atoms. The maximum atomic E-state index is 10.2. The van der Waals surface area contributed by atoms with Crippen LogP contribution in [0.25, 0.3) is 0 Å². The summed E-state index contributed by atoms with van der Waals surface area (Å²) in [5, 5.41) is 10.2. The minimum Gasteiger partial charge on any atom is -0.550 e. The third-order valence-corrected chi connectivity index (χ3v) is 1.70. The van der Waals surface area contributed by atoms with Gasteiger partial charge in [0.1, 0.15) is 0 Å². The van der Waals surface area contributed by atoms with Crippen molar-refractivity contribution < 1.29 is 9.90 Å². The predicted molar refractivity (Wildman–Crippen MR) is 37.2 cm³/mol. The lowest BCUT2D eigenvalue weighted by Gasteiger charge is -2.18. The molecule has 0 N–H and O–H groups in total. The molecule has 2 nitrogen and oxygen atoms in total. The van der Waals surface area contributed by atoms with Gasteiger partial charge in [-0.05, 0) is 11.7 Å². The van der Waals surface area contributed by atoms with E-state index >= 15 is 0 Å². The second-order valence-corrected chi connectivity index (χ2v) is 2.72. The van der Waals surface area contributed by atoms with E-state index in [0.29, 0.717) is 5.75 Å². The van der Waals surface area contributed by atoms with E-state index in [4.69, 9.17) is 0 Å². The van der Waals surface area contributed by atoms with Gasteiger partial charge < -0.3 is 9.90 Å². The van der Waals surface area contributed by atoms with Crippen molar-refractivity contribution in [3.63, 3.8) is 0 Å². The van der Waals surface area contributed by atoms with Crippen LogP contribution >= 0.6 is 12.6 Å². The Hall–Kier alpha value is -0.180. The summed E-state index contributed by atoms with van der Waals surface area (Å²) in [6, 6.07) is 0. The minimum absolute atomic E-state index is 0.118. The Morgan fingerprint density at radius 2 is 2.11 bits per heavy atom. The fraction of sp³-hybridized carbons (Fsp3) is 0.833. The van der Waals surface area contributed by atoms with Crippen molar-refractivity contribution in [2.24, 2.45) is 11.8 Å². The van der Waals surface area contributed by atoms with Crippen LogP contribution in [0.5, 0.6) is 0 Å². The highest BCUT2D eigenvalue weighted by molar-refractivity contribution is 7.80. The van der Waals surface area contributed by atoms with E-state index < -0.39 is 11.9 Å². The number of carboxylic acids is 1. The number of aliphatic carboxylic acids is 1. The second-order valence-electron chi connectivity index (χ2n) is 2.35. The highest BCUT2D eigenvalue weighted by atomic mass is 32.1. The number of carbonyl (C=O) groups is 1. The molecule has 0 aromatic rings. The van der Waals surface area contributed by atoms with E-state index in [2.05, 4.69) is 12.6 Å². The molecule has 1 unspecified atom stereocenters. The SMILES string of the molecule is CC(C)C(CS)C(=O)[O-]. The molecule has 0 spiro atoms. The average molecular weight is 147 g/mol. The molecule has 0 aromatic heterocycles. The Balaban J connectivity index is 3.83. The van der Waals surface area contributed by atoms with E-state index in [-0.39, 0.29) is 5.92 Å². The Labute approximate surface area is 60.7 Å². The number of rotatable bonds is 3. The van der Waals surface area contributed by atoms with Gasteiger partial charge >= 0.3 is 0 Å². The van der Waals surface area contributed by atoms with Gasteiger partial charge in [-0.2, -0.15) is 12.6 Å². The average Bonchev–Trinajstić information content (AvgIpc) is 1.64. The van der Waals surface area contributed by atoms with Crippen molar-refractivity contribution in [1.82, 2.24) is 0 Å². The number of carboxylic acid groups (broad SMARTS) is 1. The molecule has 3 heteroatoms. The van der Waals surface area contributed by atoms with Crippen LogP contribution in [-0.4, -0.2) is 11.7 Å². The summed E-state index contributed by atoms with van der Waals surface area (Å²) < 4.78 is 0. The molecule has 0 saturated carbocycles. The van der Waals surface area contributed by atoms with Gasteiger partial charge in [0.05, 0.1) is 0 Å². The fourth-order valence-corrected chi connectivity index (χ4v) is 1.13. The summed E-state index contributed by atoms with van der Waals surface area (Å²) in [5.74, 6) is -0.930. The van der Waals surface area contributed by atoms with E-state index in [1.165, 1.54) is 0 Å². The third kappa shape index (κ3) is 2.75. The summed E-state index contributed by atoms with van der Waals surface area (Å²) in [6.45, 7) is 3.69. The van der Waals surface area contributed by atoms with Crippen LogP contribution in [0.4, 0.5) is 0 Å². The summed E-state index contributed by atoms with van der Waals surface area (Å²) in [4.78, 5) is 10.2. The fourth-order valence-electron chi connectivity index (χ4n) is 0.558. The molecule has 1 atom stereocenters. The predicted octanol–water partition coefficient (Wildman–Crippen LogP) is -0.0617. The molecule has 0 aliphatic rings. The minimum atomic E-state index is -1.000. The first kappa shape index (κ1) is 8.82. The zero-order valence-corrected chi connectivity index (χ0v) is 6.52. The van der Waals surface area contributed by atoms with Gasteiger partial charge in [0.25, 0.3) is 0 Å². The van der Waals surface area contributed by atoms with Gasteiger partial charge in [-0.25, -0.2) is 0 Å². The van der Waals surface area contributed by atoms with Crippen LogP contribution in [0.3, 0.4) is 0 Å². The zero-order valence-electron chi connectivity index (χ0n) is 5.63. The summed E-state index contributed by atoms with van der Waals surface area (Å²) in [5.41, 5.74) is 0. The smallest absolute Gasteiger partial charge is 0.0456 e. The molecule has 0 aliphatic carbocycles. The van der Waals surface area contributed by atoms with Gasteiger partial charge in [0, 0.05) is 11.9 Å². The summed E-state index contributed by atoms with van der Waals surface area (Å²) in [7, 11) is 0. The lowest BCUT2D eigenvalue weighted by molar-refractivity contribution is -0.312. The first-order valence-electron chi connectivity index (χ1n) is 2.91. The normalized spacial score (nSPS) is 13.8. The van der Waals surface area contributed by atoms with Crippen LogP contribution in [0, 0.1) is 11.8 Å². The van der Waals surface area contributed by atoms with E-state index in [0.717, 1.165) is 0 Å². The molecule has 9 heavy (non-hydrogen) atoms. The monoisotopic (exact) mass is 147 g/mol. The summed E-state index contributed by atoms with van der Waals surface area (Å²) >= 11 is 3.87. The molecule has 0 heterocycles. The van der Waals surface area contributed by atoms with Crippen LogP contribution in [0.2, 0.25) is 0 Å². The van der Waals surface area contributed by atoms with Crippen molar-refractivity contribution in [3.8, 4) is 0 Å². The standard InChI is InChI=1S/C6H12O2S/c1-4(2)5(3-9)6(7)8/h4-5,9H,3H2,1-2H3,(H,7,8)/p-1. The Bertz CT molecular complexity index is 101. The van der Waals surface area contributed by atoms with Crippen LogP contribution < -0.4 is 5.11 Å². The van der Waals surface area contributed by atoms with Crippen molar-refractivity contribution in [3.05, 3.63) is 0 Å². The third-order valence-electron chi connectivity index (χ3n) is 1.30. The maximum Gasteiger partial charge on any atom is 0.0456 e. The number of carbonyl (C=O) groups excluding carboxylic acids is 1.